The van der Waals surface area contributed by atoms with E-state index >= 15 is 0 Å². The molecule has 3 unspecified atom stereocenters. The summed E-state index contributed by atoms with van der Waals surface area (Å²) in [7, 11) is 0. The summed E-state index contributed by atoms with van der Waals surface area (Å²) in [5.74, 6) is -0.369. The summed E-state index contributed by atoms with van der Waals surface area (Å²) in [4.78, 5) is 11.5. The van der Waals surface area contributed by atoms with E-state index in [4.69, 9.17) is 9.47 Å². The van der Waals surface area contributed by atoms with Crippen LogP contribution in [0.1, 0.15) is 45.4 Å². The van der Waals surface area contributed by atoms with E-state index in [1.54, 1.807) is 0 Å². The third-order valence-electron chi connectivity index (χ3n) is 3.92. The molecule has 17 heavy (non-hydrogen) atoms. The van der Waals surface area contributed by atoms with Crippen molar-refractivity contribution in [2.24, 2.45) is 5.92 Å². The zero-order valence-electron chi connectivity index (χ0n) is 10.5. The molecule has 0 spiro atoms. The van der Waals surface area contributed by atoms with Gasteiger partial charge >= 0.3 is 5.97 Å². The number of hydrogen-bond donors (Lipinski definition) is 1. The zero-order chi connectivity index (χ0) is 12.3. The van der Waals surface area contributed by atoms with Crippen LogP contribution >= 0.6 is 0 Å². The van der Waals surface area contributed by atoms with Crippen LogP contribution in [-0.4, -0.2) is 36.0 Å². The van der Waals surface area contributed by atoms with Gasteiger partial charge < -0.3 is 14.6 Å². The molecule has 1 saturated carbocycles. The van der Waals surface area contributed by atoms with E-state index in [9.17, 15) is 9.90 Å². The Morgan fingerprint density at radius 3 is 2.88 bits per heavy atom. The first-order valence-corrected chi connectivity index (χ1v) is 6.61. The van der Waals surface area contributed by atoms with Gasteiger partial charge in [0.15, 0.2) is 5.60 Å². The predicted molar refractivity (Wildman–Crippen MR) is 62.9 cm³/mol. The molecule has 98 valence electrons. The van der Waals surface area contributed by atoms with Crippen molar-refractivity contribution in [1.29, 1.82) is 0 Å². The topological polar surface area (TPSA) is 55.8 Å². The van der Waals surface area contributed by atoms with Gasteiger partial charge in [0.1, 0.15) is 0 Å². The van der Waals surface area contributed by atoms with Gasteiger partial charge in [0.05, 0.1) is 12.7 Å². The average Bonchev–Trinajstić information content (AvgIpc) is 2.79. The lowest BCUT2D eigenvalue weighted by Crippen LogP contribution is -2.46. The van der Waals surface area contributed by atoms with Crippen molar-refractivity contribution in [1.82, 2.24) is 0 Å². The number of carbonyl (C=O) groups is 1. The fraction of sp³-hybridized carbons (Fsp3) is 0.923. The number of rotatable bonds is 4. The fourth-order valence-electron chi connectivity index (χ4n) is 2.92. The summed E-state index contributed by atoms with van der Waals surface area (Å²) in [6.45, 7) is 3.32. The summed E-state index contributed by atoms with van der Waals surface area (Å²) >= 11 is 0. The molecule has 2 fully saturated rings. The number of ether oxygens (including phenoxy) is 2. The van der Waals surface area contributed by atoms with Gasteiger partial charge in [0.2, 0.25) is 0 Å². The highest BCUT2D eigenvalue weighted by atomic mass is 16.6. The van der Waals surface area contributed by atoms with Gasteiger partial charge in [0.25, 0.3) is 0 Å². The standard InChI is InChI=1S/C13H22O4/c1-10-4-2-6-13(8-10,12(14)15)17-9-11-5-3-7-16-11/h10-11H,2-9H2,1H3,(H,14,15). The molecule has 1 heterocycles. The molecule has 0 aromatic heterocycles. The Labute approximate surface area is 102 Å². The second-order valence-electron chi connectivity index (χ2n) is 5.45. The minimum Gasteiger partial charge on any atom is -0.479 e. The van der Waals surface area contributed by atoms with Crippen LogP contribution in [0.4, 0.5) is 0 Å². The molecule has 2 aliphatic rings. The lowest BCUT2D eigenvalue weighted by atomic mass is 9.79. The van der Waals surface area contributed by atoms with E-state index in [1.807, 2.05) is 0 Å². The molecule has 0 aromatic rings. The number of carboxylic acid groups (broad SMARTS) is 1. The minimum atomic E-state index is -0.955. The Bertz CT molecular complexity index is 273. The maximum absolute atomic E-state index is 11.5. The molecule has 3 atom stereocenters. The van der Waals surface area contributed by atoms with Gasteiger partial charge in [-0.2, -0.15) is 0 Å². The lowest BCUT2D eigenvalue weighted by Gasteiger charge is -2.36. The van der Waals surface area contributed by atoms with E-state index < -0.39 is 11.6 Å². The molecule has 4 nitrogen and oxygen atoms in total. The minimum absolute atomic E-state index is 0.100. The van der Waals surface area contributed by atoms with E-state index in [1.165, 1.54) is 0 Å². The van der Waals surface area contributed by atoms with Gasteiger partial charge in [-0.15, -0.1) is 0 Å². The Hall–Kier alpha value is -0.610. The molecular formula is C13H22O4. The van der Waals surface area contributed by atoms with Crippen LogP contribution < -0.4 is 0 Å². The lowest BCUT2D eigenvalue weighted by molar-refractivity contribution is -0.177. The van der Waals surface area contributed by atoms with Crippen molar-refractivity contribution in [3.8, 4) is 0 Å². The van der Waals surface area contributed by atoms with Gasteiger partial charge in [0, 0.05) is 6.61 Å². The maximum Gasteiger partial charge on any atom is 0.335 e. The van der Waals surface area contributed by atoms with Crippen molar-refractivity contribution >= 4 is 5.97 Å². The van der Waals surface area contributed by atoms with Gasteiger partial charge in [-0.05, 0) is 38.0 Å². The first kappa shape index (κ1) is 12.8. The van der Waals surface area contributed by atoms with E-state index in [-0.39, 0.29) is 6.10 Å². The Morgan fingerprint density at radius 2 is 2.29 bits per heavy atom. The number of hydrogen-bond acceptors (Lipinski definition) is 3. The molecule has 0 radical (unpaired) electrons. The molecule has 4 heteroatoms. The van der Waals surface area contributed by atoms with Crippen LogP contribution in [0.25, 0.3) is 0 Å². The van der Waals surface area contributed by atoms with E-state index in [0.29, 0.717) is 25.4 Å². The first-order chi connectivity index (χ1) is 8.12. The second-order valence-corrected chi connectivity index (χ2v) is 5.45. The number of aliphatic carboxylic acids is 1. The summed E-state index contributed by atoms with van der Waals surface area (Å²) in [5.41, 5.74) is -0.955. The van der Waals surface area contributed by atoms with Crippen LogP contribution in [-0.2, 0) is 14.3 Å². The Balaban J connectivity index is 1.93. The predicted octanol–water partition coefficient (Wildman–Crippen LogP) is 2.22. The third-order valence-corrected chi connectivity index (χ3v) is 3.92. The highest BCUT2D eigenvalue weighted by Crippen LogP contribution is 2.36. The van der Waals surface area contributed by atoms with Crippen LogP contribution in [0, 0.1) is 5.92 Å². The van der Waals surface area contributed by atoms with Gasteiger partial charge in [-0.3, -0.25) is 0 Å². The largest absolute Gasteiger partial charge is 0.479 e. The van der Waals surface area contributed by atoms with Crippen molar-refractivity contribution in [3.63, 3.8) is 0 Å². The summed E-state index contributed by atoms with van der Waals surface area (Å²) in [6, 6.07) is 0. The smallest absolute Gasteiger partial charge is 0.335 e. The summed E-state index contributed by atoms with van der Waals surface area (Å²) in [6.07, 6.45) is 5.48. The Morgan fingerprint density at radius 1 is 1.47 bits per heavy atom. The van der Waals surface area contributed by atoms with Crippen LogP contribution in [0.3, 0.4) is 0 Å². The molecule has 1 saturated heterocycles. The third kappa shape index (κ3) is 2.99. The van der Waals surface area contributed by atoms with E-state index in [0.717, 1.165) is 32.3 Å². The van der Waals surface area contributed by atoms with E-state index in [2.05, 4.69) is 6.92 Å². The SMILES string of the molecule is CC1CCCC(OCC2CCCO2)(C(=O)O)C1. The molecule has 1 aliphatic carbocycles. The van der Waals surface area contributed by atoms with Crippen LogP contribution in [0.5, 0.6) is 0 Å². The van der Waals surface area contributed by atoms with Gasteiger partial charge in [-0.1, -0.05) is 13.3 Å². The van der Waals surface area contributed by atoms with Crippen LogP contribution in [0.2, 0.25) is 0 Å². The van der Waals surface area contributed by atoms with Crippen molar-refractivity contribution in [2.75, 3.05) is 13.2 Å². The molecular weight excluding hydrogens is 220 g/mol. The molecule has 0 amide bonds. The first-order valence-electron chi connectivity index (χ1n) is 6.61. The van der Waals surface area contributed by atoms with Crippen molar-refractivity contribution in [3.05, 3.63) is 0 Å². The fourth-order valence-corrected chi connectivity index (χ4v) is 2.92. The molecule has 2 rings (SSSR count). The highest BCUT2D eigenvalue weighted by molar-refractivity contribution is 5.77. The molecule has 0 bridgehead atoms. The molecule has 0 aromatic carbocycles. The summed E-state index contributed by atoms with van der Waals surface area (Å²) in [5, 5.41) is 9.41. The average molecular weight is 242 g/mol. The molecule has 1 aliphatic heterocycles. The van der Waals surface area contributed by atoms with Gasteiger partial charge in [-0.25, -0.2) is 4.79 Å². The normalized spacial score (nSPS) is 38.2. The molecule has 1 N–H and O–H groups in total. The monoisotopic (exact) mass is 242 g/mol. The maximum atomic E-state index is 11.5. The highest BCUT2D eigenvalue weighted by Gasteiger charge is 2.43. The van der Waals surface area contributed by atoms with Crippen LogP contribution in [0.15, 0.2) is 0 Å². The quantitative estimate of drug-likeness (QED) is 0.821. The Kier molecular flexibility index (Phi) is 4.05. The number of carboxylic acids is 1. The van der Waals surface area contributed by atoms with Crippen molar-refractivity contribution < 1.29 is 19.4 Å². The summed E-state index contributed by atoms with van der Waals surface area (Å²) < 4.78 is 11.2. The second kappa shape index (κ2) is 5.36. The van der Waals surface area contributed by atoms with Crippen molar-refractivity contribution in [2.45, 2.75) is 57.2 Å². The zero-order valence-corrected chi connectivity index (χ0v) is 10.5.